The number of aromatic nitrogens is 1. The minimum Gasteiger partial charge on any atom is -0.385 e. The third kappa shape index (κ3) is 6.51. The molecule has 10 heteroatoms. The number of nitrogens with one attached hydrogen (secondary N) is 3. The van der Waals surface area contributed by atoms with Gasteiger partial charge in [0.15, 0.2) is 0 Å². The molecular weight excluding hydrogens is 434 g/mol. The summed E-state index contributed by atoms with van der Waals surface area (Å²) in [6.45, 7) is 0.510. The lowest BCUT2D eigenvalue weighted by molar-refractivity contribution is -0.384. The summed E-state index contributed by atoms with van der Waals surface area (Å²) in [4.78, 5) is 39.2. The van der Waals surface area contributed by atoms with Gasteiger partial charge in [-0.15, -0.1) is 0 Å². The van der Waals surface area contributed by atoms with Crippen molar-refractivity contribution in [3.8, 4) is 0 Å². The number of para-hydroxylation sites is 1. The Kier molecular flexibility index (Phi) is 7.71. The highest BCUT2D eigenvalue weighted by molar-refractivity contribution is 6.30. The SMILES string of the molecule is O=C(CCCNc1ccc([N+](=O)[O-])cc1)Nc1ccccc1C(=O)Nc1ccc(Cl)cn1. The normalized spacial score (nSPS) is 10.3. The van der Waals surface area contributed by atoms with E-state index in [0.717, 1.165) is 5.69 Å². The number of non-ortho nitro benzene ring substituents is 1. The van der Waals surface area contributed by atoms with Gasteiger partial charge in [-0.2, -0.15) is 0 Å². The minimum atomic E-state index is -0.460. The van der Waals surface area contributed by atoms with Crippen LogP contribution in [0.1, 0.15) is 23.2 Å². The van der Waals surface area contributed by atoms with Crippen molar-refractivity contribution < 1.29 is 14.5 Å². The molecule has 0 spiro atoms. The molecule has 2 aromatic carbocycles. The first-order chi connectivity index (χ1) is 15.4. The van der Waals surface area contributed by atoms with Gasteiger partial charge in [-0.3, -0.25) is 19.7 Å². The zero-order chi connectivity index (χ0) is 22.9. The number of anilines is 3. The van der Waals surface area contributed by atoms with Crippen LogP contribution in [0.25, 0.3) is 0 Å². The lowest BCUT2D eigenvalue weighted by atomic mass is 10.1. The number of benzene rings is 2. The molecular formula is C22H20ClN5O4. The Hall–Kier alpha value is -3.98. The molecule has 0 unspecified atom stereocenters. The van der Waals surface area contributed by atoms with E-state index in [4.69, 9.17) is 11.6 Å². The van der Waals surface area contributed by atoms with Gasteiger partial charge in [0.1, 0.15) is 5.82 Å². The second kappa shape index (κ2) is 10.9. The van der Waals surface area contributed by atoms with E-state index in [1.54, 1.807) is 48.5 Å². The smallest absolute Gasteiger partial charge is 0.269 e. The quantitative estimate of drug-likeness (QED) is 0.244. The van der Waals surface area contributed by atoms with E-state index in [2.05, 4.69) is 20.9 Å². The van der Waals surface area contributed by atoms with E-state index < -0.39 is 10.8 Å². The third-order valence-corrected chi connectivity index (χ3v) is 4.63. The molecule has 0 aliphatic rings. The third-order valence-electron chi connectivity index (χ3n) is 4.40. The molecule has 1 heterocycles. The van der Waals surface area contributed by atoms with Crippen molar-refractivity contribution in [2.24, 2.45) is 0 Å². The molecule has 0 saturated carbocycles. The molecule has 32 heavy (non-hydrogen) atoms. The Morgan fingerprint density at radius 3 is 2.44 bits per heavy atom. The maximum atomic E-state index is 12.6. The predicted octanol–water partition coefficient (Wildman–Crippen LogP) is 4.73. The molecule has 0 radical (unpaired) electrons. The number of amides is 2. The first-order valence-electron chi connectivity index (χ1n) is 9.72. The van der Waals surface area contributed by atoms with Crippen LogP contribution in [-0.2, 0) is 4.79 Å². The van der Waals surface area contributed by atoms with E-state index in [-0.39, 0.29) is 18.0 Å². The summed E-state index contributed by atoms with van der Waals surface area (Å²) in [6, 6.07) is 15.9. The molecule has 0 aliphatic heterocycles. The van der Waals surface area contributed by atoms with Crippen LogP contribution < -0.4 is 16.0 Å². The Bertz CT molecular complexity index is 1100. The van der Waals surface area contributed by atoms with Crippen LogP contribution in [0.5, 0.6) is 0 Å². The summed E-state index contributed by atoms with van der Waals surface area (Å²) in [5.41, 5.74) is 1.45. The molecule has 0 fully saturated rings. The number of nitro benzene ring substituents is 1. The Labute approximate surface area is 189 Å². The lowest BCUT2D eigenvalue weighted by Gasteiger charge is -2.11. The van der Waals surface area contributed by atoms with Gasteiger partial charge in [-0.05, 0) is 42.8 Å². The number of hydrogen-bond acceptors (Lipinski definition) is 6. The van der Waals surface area contributed by atoms with Crippen LogP contribution >= 0.6 is 11.6 Å². The monoisotopic (exact) mass is 453 g/mol. The number of nitro groups is 1. The topological polar surface area (TPSA) is 126 Å². The average Bonchev–Trinajstić information content (AvgIpc) is 2.79. The molecule has 3 N–H and O–H groups in total. The van der Waals surface area contributed by atoms with Gasteiger partial charge < -0.3 is 16.0 Å². The summed E-state index contributed by atoms with van der Waals surface area (Å²) in [5.74, 6) is -0.297. The van der Waals surface area contributed by atoms with Crippen molar-refractivity contribution >= 4 is 46.3 Å². The summed E-state index contributed by atoms with van der Waals surface area (Å²) in [7, 11) is 0. The zero-order valence-corrected chi connectivity index (χ0v) is 17.6. The van der Waals surface area contributed by atoms with E-state index in [1.807, 2.05) is 0 Å². The van der Waals surface area contributed by atoms with Crippen molar-refractivity contribution in [1.82, 2.24) is 4.98 Å². The molecule has 0 atom stereocenters. The molecule has 9 nitrogen and oxygen atoms in total. The highest BCUT2D eigenvalue weighted by Crippen LogP contribution is 2.18. The largest absolute Gasteiger partial charge is 0.385 e. The fraction of sp³-hybridized carbons (Fsp3) is 0.136. The zero-order valence-electron chi connectivity index (χ0n) is 16.9. The fourth-order valence-electron chi connectivity index (χ4n) is 2.82. The molecule has 0 bridgehead atoms. The number of pyridine rings is 1. The van der Waals surface area contributed by atoms with E-state index in [1.165, 1.54) is 18.3 Å². The average molecular weight is 454 g/mol. The van der Waals surface area contributed by atoms with Crippen molar-refractivity contribution in [3.63, 3.8) is 0 Å². The standard InChI is InChI=1S/C22H20ClN5O4/c23-15-7-12-20(25-14-15)27-22(30)18-4-1-2-5-19(18)26-21(29)6-3-13-24-16-8-10-17(11-9-16)28(31)32/h1-2,4-5,7-12,14,24H,3,6,13H2,(H,26,29)(H,25,27,30). The number of rotatable bonds is 9. The van der Waals surface area contributed by atoms with Gasteiger partial charge >= 0.3 is 0 Å². The van der Waals surface area contributed by atoms with Crippen molar-refractivity contribution in [2.45, 2.75) is 12.8 Å². The van der Waals surface area contributed by atoms with Gasteiger partial charge in [0.05, 0.1) is 21.2 Å². The number of hydrogen-bond donors (Lipinski definition) is 3. The van der Waals surface area contributed by atoms with Gasteiger partial charge in [0, 0.05) is 37.0 Å². The number of nitrogens with zero attached hydrogens (tertiary/aromatic N) is 2. The molecule has 3 aromatic rings. The van der Waals surface area contributed by atoms with E-state index in [9.17, 15) is 19.7 Å². The van der Waals surface area contributed by atoms with Crippen molar-refractivity contribution in [2.75, 3.05) is 22.5 Å². The van der Waals surface area contributed by atoms with Crippen LogP contribution in [0, 0.1) is 10.1 Å². The second-order valence-electron chi connectivity index (χ2n) is 6.74. The fourth-order valence-corrected chi connectivity index (χ4v) is 2.93. The molecule has 1 aromatic heterocycles. The predicted molar refractivity (Wildman–Crippen MR) is 123 cm³/mol. The maximum absolute atomic E-state index is 12.6. The van der Waals surface area contributed by atoms with Crippen molar-refractivity contribution in [3.05, 3.63) is 87.6 Å². The van der Waals surface area contributed by atoms with Crippen LogP contribution in [0.4, 0.5) is 22.9 Å². The number of halogens is 1. The Morgan fingerprint density at radius 1 is 1.00 bits per heavy atom. The molecule has 164 valence electrons. The Balaban J connectivity index is 1.50. The summed E-state index contributed by atoms with van der Waals surface area (Å²) < 4.78 is 0. The lowest BCUT2D eigenvalue weighted by Crippen LogP contribution is -2.19. The summed E-state index contributed by atoms with van der Waals surface area (Å²) >= 11 is 5.80. The van der Waals surface area contributed by atoms with Crippen LogP contribution in [0.15, 0.2) is 66.9 Å². The van der Waals surface area contributed by atoms with Gasteiger partial charge in [-0.25, -0.2) is 4.98 Å². The summed E-state index contributed by atoms with van der Waals surface area (Å²) in [6.07, 6.45) is 2.19. The number of carbonyl (C=O) groups excluding carboxylic acids is 2. The highest BCUT2D eigenvalue weighted by atomic mass is 35.5. The number of carbonyl (C=O) groups is 2. The van der Waals surface area contributed by atoms with Gasteiger partial charge in [0.2, 0.25) is 5.91 Å². The molecule has 2 amide bonds. The van der Waals surface area contributed by atoms with Crippen LogP contribution in [0.3, 0.4) is 0 Å². The molecule has 0 aliphatic carbocycles. The van der Waals surface area contributed by atoms with E-state index in [0.29, 0.717) is 35.1 Å². The van der Waals surface area contributed by atoms with E-state index >= 15 is 0 Å². The second-order valence-corrected chi connectivity index (χ2v) is 7.18. The Morgan fingerprint density at radius 2 is 1.75 bits per heavy atom. The first kappa shape index (κ1) is 22.7. The van der Waals surface area contributed by atoms with Crippen LogP contribution in [0.2, 0.25) is 5.02 Å². The van der Waals surface area contributed by atoms with Gasteiger partial charge in [0.25, 0.3) is 11.6 Å². The molecule has 3 rings (SSSR count). The van der Waals surface area contributed by atoms with Gasteiger partial charge in [-0.1, -0.05) is 23.7 Å². The first-order valence-corrected chi connectivity index (χ1v) is 10.1. The van der Waals surface area contributed by atoms with Crippen molar-refractivity contribution in [1.29, 1.82) is 0 Å². The minimum absolute atomic E-state index is 0.0180. The highest BCUT2D eigenvalue weighted by Gasteiger charge is 2.14. The van der Waals surface area contributed by atoms with Crippen LogP contribution in [-0.4, -0.2) is 28.3 Å². The maximum Gasteiger partial charge on any atom is 0.269 e. The molecule has 0 saturated heterocycles. The summed E-state index contributed by atoms with van der Waals surface area (Å²) in [5, 5.41) is 19.7.